The Morgan fingerprint density at radius 1 is 1.39 bits per heavy atom. The molecule has 0 amide bonds. The van der Waals surface area contributed by atoms with Crippen molar-refractivity contribution in [3.05, 3.63) is 6.33 Å². The summed E-state index contributed by atoms with van der Waals surface area (Å²) < 4.78 is 5.51. The molecule has 100 valence electrons. The van der Waals surface area contributed by atoms with E-state index in [4.69, 9.17) is 4.74 Å². The van der Waals surface area contributed by atoms with Crippen LogP contribution in [-0.4, -0.2) is 36.2 Å². The SMILES string of the molecule is CCCN(c1ncnc(NCC)c1OC)C1CC1. The molecule has 1 aliphatic carbocycles. The molecule has 1 N–H and O–H groups in total. The average Bonchev–Trinajstić information content (AvgIpc) is 3.20. The van der Waals surface area contributed by atoms with Gasteiger partial charge >= 0.3 is 0 Å². The van der Waals surface area contributed by atoms with Crippen LogP contribution in [0, 0.1) is 0 Å². The van der Waals surface area contributed by atoms with Gasteiger partial charge in [-0.2, -0.15) is 0 Å². The lowest BCUT2D eigenvalue weighted by Crippen LogP contribution is -2.28. The van der Waals surface area contributed by atoms with Gasteiger partial charge in [-0.15, -0.1) is 0 Å². The fourth-order valence-electron chi connectivity index (χ4n) is 2.14. The number of aromatic nitrogens is 2. The Bertz CT molecular complexity index is 393. The van der Waals surface area contributed by atoms with Crippen LogP contribution in [0.15, 0.2) is 6.33 Å². The Hall–Kier alpha value is -1.52. The average molecular weight is 250 g/mol. The van der Waals surface area contributed by atoms with Crippen molar-refractivity contribution in [1.82, 2.24) is 9.97 Å². The molecule has 0 spiro atoms. The van der Waals surface area contributed by atoms with Gasteiger partial charge in [-0.25, -0.2) is 9.97 Å². The summed E-state index contributed by atoms with van der Waals surface area (Å²) in [7, 11) is 1.68. The van der Waals surface area contributed by atoms with Gasteiger partial charge in [0, 0.05) is 19.1 Å². The van der Waals surface area contributed by atoms with Crippen molar-refractivity contribution < 1.29 is 4.74 Å². The maximum atomic E-state index is 5.51. The number of nitrogens with zero attached hydrogens (tertiary/aromatic N) is 3. The topological polar surface area (TPSA) is 50.3 Å². The first-order valence-corrected chi connectivity index (χ1v) is 6.71. The molecule has 0 atom stereocenters. The summed E-state index contributed by atoms with van der Waals surface area (Å²) in [5.74, 6) is 2.47. The van der Waals surface area contributed by atoms with Crippen LogP contribution in [0.5, 0.6) is 5.75 Å². The first-order chi connectivity index (χ1) is 8.81. The van der Waals surface area contributed by atoms with Crippen molar-refractivity contribution in [1.29, 1.82) is 0 Å². The molecular formula is C13H22N4O. The number of hydrogen-bond acceptors (Lipinski definition) is 5. The summed E-state index contributed by atoms with van der Waals surface area (Å²) in [4.78, 5) is 11.0. The number of nitrogens with one attached hydrogen (secondary N) is 1. The fourth-order valence-corrected chi connectivity index (χ4v) is 2.14. The van der Waals surface area contributed by atoms with Gasteiger partial charge < -0.3 is 15.0 Å². The van der Waals surface area contributed by atoms with Gasteiger partial charge in [0.2, 0.25) is 5.75 Å². The van der Waals surface area contributed by atoms with Crippen molar-refractivity contribution in [2.24, 2.45) is 0 Å². The third-order valence-corrected chi connectivity index (χ3v) is 3.06. The molecule has 18 heavy (non-hydrogen) atoms. The van der Waals surface area contributed by atoms with Crippen molar-refractivity contribution >= 4 is 11.6 Å². The van der Waals surface area contributed by atoms with Gasteiger partial charge in [-0.1, -0.05) is 6.92 Å². The van der Waals surface area contributed by atoms with Crippen LogP contribution in [-0.2, 0) is 0 Å². The highest BCUT2D eigenvalue weighted by Gasteiger charge is 2.32. The van der Waals surface area contributed by atoms with E-state index in [1.165, 1.54) is 12.8 Å². The van der Waals surface area contributed by atoms with E-state index in [2.05, 4.69) is 27.1 Å². The zero-order valence-corrected chi connectivity index (χ0v) is 11.4. The molecule has 2 rings (SSSR count). The molecule has 0 saturated heterocycles. The van der Waals surface area contributed by atoms with Crippen LogP contribution in [0.3, 0.4) is 0 Å². The third kappa shape index (κ3) is 2.66. The number of ether oxygens (including phenoxy) is 1. The van der Waals surface area contributed by atoms with Gasteiger partial charge in [-0.05, 0) is 26.2 Å². The molecule has 1 saturated carbocycles. The number of rotatable bonds is 7. The summed E-state index contributed by atoms with van der Waals surface area (Å²) in [5, 5.41) is 3.22. The molecular weight excluding hydrogens is 228 g/mol. The summed E-state index contributed by atoms with van der Waals surface area (Å²) in [6.07, 6.45) is 5.23. The molecule has 0 radical (unpaired) electrons. The number of anilines is 2. The quantitative estimate of drug-likeness (QED) is 0.804. The Balaban J connectivity index is 2.31. The lowest BCUT2D eigenvalue weighted by molar-refractivity contribution is 0.411. The molecule has 1 fully saturated rings. The van der Waals surface area contributed by atoms with Crippen molar-refractivity contribution in [2.75, 3.05) is 30.4 Å². The second kappa shape index (κ2) is 5.89. The minimum absolute atomic E-state index is 0.628. The lowest BCUT2D eigenvalue weighted by Gasteiger charge is -2.25. The Morgan fingerprint density at radius 2 is 2.17 bits per heavy atom. The lowest BCUT2D eigenvalue weighted by atomic mass is 10.3. The Morgan fingerprint density at radius 3 is 2.72 bits per heavy atom. The maximum absolute atomic E-state index is 5.51. The first-order valence-electron chi connectivity index (χ1n) is 6.71. The predicted octanol–water partition coefficient (Wildman–Crippen LogP) is 2.30. The zero-order chi connectivity index (χ0) is 13.0. The van der Waals surface area contributed by atoms with Gasteiger partial charge in [0.15, 0.2) is 11.6 Å². The molecule has 1 aromatic heterocycles. The number of hydrogen-bond donors (Lipinski definition) is 1. The van der Waals surface area contributed by atoms with E-state index >= 15 is 0 Å². The van der Waals surface area contributed by atoms with Gasteiger partial charge in [0.25, 0.3) is 0 Å². The minimum Gasteiger partial charge on any atom is -0.490 e. The van der Waals surface area contributed by atoms with Crippen LogP contribution in [0.2, 0.25) is 0 Å². The molecule has 0 aromatic carbocycles. The predicted molar refractivity (Wildman–Crippen MR) is 73.4 cm³/mol. The van der Waals surface area contributed by atoms with E-state index in [1.54, 1.807) is 13.4 Å². The molecule has 0 bridgehead atoms. The molecule has 0 aliphatic heterocycles. The van der Waals surface area contributed by atoms with E-state index in [-0.39, 0.29) is 0 Å². The maximum Gasteiger partial charge on any atom is 0.204 e. The number of methoxy groups -OCH3 is 1. The van der Waals surface area contributed by atoms with Crippen LogP contribution in [0.25, 0.3) is 0 Å². The van der Waals surface area contributed by atoms with Crippen LogP contribution in [0.1, 0.15) is 33.1 Å². The largest absolute Gasteiger partial charge is 0.490 e. The zero-order valence-electron chi connectivity index (χ0n) is 11.4. The first kappa shape index (κ1) is 12.9. The molecule has 1 heterocycles. The van der Waals surface area contributed by atoms with E-state index in [0.29, 0.717) is 6.04 Å². The van der Waals surface area contributed by atoms with Crippen LogP contribution >= 0.6 is 0 Å². The second-order valence-electron chi connectivity index (χ2n) is 4.53. The van der Waals surface area contributed by atoms with Gasteiger partial charge in [-0.3, -0.25) is 0 Å². The highest BCUT2D eigenvalue weighted by molar-refractivity contribution is 5.65. The van der Waals surface area contributed by atoms with Crippen molar-refractivity contribution in [3.8, 4) is 5.75 Å². The van der Waals surface area contributed by atoms with Gasteiger partial charge in [0.05, 0.1) is 7.11 Å². The minimum atomic E-state index is 0.628. The second-order valence-corrected chi connectivity index (χ2v) is 4.53. The third-order valence-electron chi connectivity index (χ3n) is 3.06. The van der Waals surface area contributed by atoms with Crippen LogP contribution < -0.4 is 15.0 Å². The van der Waals surface area contributed by atoms with E-state index in [1.807, 2.05) is 6.92 Å². The molecule has 0 unspecified atom stereocenters. The summed E-state index contributed by atoms with van der Waals surface area (Å²) in [6.45, 7) is 6.08. The van der Waals surface area contributed by atoms with E-state index in [9.17, 15) is 0 Å². The standard InChI is InChI=1S/C13H22N4O/c1-4-8-17(10-6-7-10)13-11(18-3)12(14-5-2)15-9-16-13/h9-10H,4-8H2,1-3H3,(H,14,15,16). The molecule has 5 nitrogen and oxygen atoms in total. The van der Waals surface area contributed by atoms with Crippen LogP contribution in [0.4, 0.5) is 11.6 Å². The Kier molecular flexibility index (Phi) is 4.23. The summed E-state index contributed by atoms with van der Waals surface area (Å²) in [6, 6.07) is 0.628. The fraction of sp³-hybridized carbons (Fsp3) is 0.692. The smallest absolute Gasteiger partial charge is 0.204 e. The van der Waals surface area contributed by atoms with E-state index in [0.717, 1.165) is 36.9 Å². The molecule has 1 aliphatic rings. The van der Waals surface area contributed by atoms with Crippen molar-refractivity contribution in [2.45, 2.75) is 39.2 Å². The molecule has 1 aromatic rings. The highest BCUT2D eigenvalue weighted by atomic mass is 16.5. The highest BCUT2D eigenvalue weighted by Crippen LogP contribution is 2.38. The van der Waals surface area contributed by atoms with Gasteiger partial charge in [0.1, 0.15) is 6.33 Å². The summed E-state index contributed by atoms with van der Waals surface area (Å²) >= 11 is 0. The summed E-state index contributed by atoms with van der Waals surface area (Å²) in [5.41, 5.74) is 0. The van der Waals surface area contributed by atoms with Crippen molar-refractivity contribution in [3.63, 3.8) is 0 Å². The van der Waals surface area contributed by atoms with E-state index < -0.39 is 0 Å². The molecule has 5 heteroatoms. The Labute approximate surface area is 109 Å². The monoisotopic (exact) mass is 250 g/mol. The normalized spacial score (nSPS) is 14.4.